The summed E-state index contributed by atoms with van der Waals surface area (Å²) in [4.78, 5) is 0. The van der Waals surface area contributed by atoms with Crippen molar-refractivity contribution in [1.82, 2.24) is 0 Å². The second-order valence-corrected chi connectivity index (χ2v) is 12.4. The molecule has 3 rings (SSSR count). The molecule has 5 heteroatoms. The van der Waals surface area contributed by atoms with Crippen molar-refractivity contribution in [1.29, 1.82) is 0 Å². The molecule has 3 aromatic rings. The lowest BCUT2D eigenvalue weighted by molar-refractivity contribution is 0.668. The molecule has 0 unspecified atom stereocenters. The largest absolute Gasteiger partial charge is 0.133 e. The Morgan fingerprint density at radius 2 is 1.00 bits per heavy atom. The van der Waals surface area contributed by atoms with Gasteiger partial charge in [0.15, 0.2) is 0 Å². The van der Waals surface area contributed by atoms with Crippen molar-refractivity contribution in [2.75, 3.05) is 0 Å². The zero-order chi connectivity index (χ0) is 17.8. The number of unbranched alkanes of at least 4 members (excludes halogenated alkanes) is 6. The molecule has 0 aliphatic heterocycles. The molecule has 0 N–H and O–H groups in total. The Morgan fingerprint density at radius 3 is 1.40 bits per heavy atom. The van der Waals surface area contributed by atoms with Crippen LogP contribution in [0.2, 0.25) is 0 Å². The molecule has 0 aliphatic carbocycles. The maximum Gasteiger partial charge on any atom is 0.0751 e. The van der Waals surface area contributed by atoms with Gasteiger partial charge in [-0.1, -0.05) is 52.4 Å². The highest BCUT2D eigenvalue weighted by Gasteiger charge is 2.20. The van der Waals surface area contributed by atoms with E-state index in [0.717, 1.165) is 0 Å². The minimum atomic E-state index is 1.22. The van der Waals surface area contributed by atoms with E-state index in [4.69, 9.17) is 0 Å². The summed E-state index contributed by atoms with van der Waals surface area (Å²) < 4.78 is 8.86. The first kappa shape index (κ1) is 20.3. The van der Waals surface area contributed by atoms with Crippen molar-refractivity contribution in [3.63, 3.8) is 0 Å². The molecule has 0 saturated heterocycles. The molecule has 0 aromatic carbocycles. The van der Waals surface area contributed by atoms with Crippen LogP contribution in [0.3, 0.4) is 0 Å². The van der Waals surface area contributed by atoms with Crippen LogP contribution in [0.4, 0.5) is 0 Å². The Kier molecular flexibility index (Phi) is 7.86. The standard InChI is InChI=1S/C20H26Br2S3/c1-3-5-7-9-11-13-15-17(24-19(13)21)18-16(23-15)14(20(22)25-18)12-10-8-6-4-2/h3-12H2,1-2H3. The highest BCUT2D eigenvalue weighted by Crippen LogP contribution is 2.51. The predicted molar refractivity (Wildman–Crippen MR) is 126 cm³/mol. The van der Waals surface area contributed by atoms with Crippen LogP contribution in [0.25, 0.3) is 18.8 Å². The Balaban J connectivity index is 1.86. The molecule has 0 amide bonds. The average molecular weight is 522 g/mol. The van der Waals surface area contributed by atoms with Gasteiger partial charge < -0.3 is 0 Å². The van der Waals surface area contributed by atoms with Gasteiger partial charge in [0, 0.05) is 0 Å². The molecule has 0 nitrogen and oxygen atoms in total. The van der Waals surface area contributed by atoms with Crippen LogP contribution in [-0.4, -0.2) is 0 Å². The van der Waals surface area contributed by atoms with Gasteiger partial charge in [-0.05, 0) is 68.7 Å². The first-order chi connectivity index (χ1) is 12.2. The molecule has 0 aliphatic rings. The fourth-order valence-electron chi connectivity index (χ4n) is 3.35. The Bertz CT molecular complexity index is 758. The summed E-state index contributed by atoms with van der Waals surface area (Å²) in [6.07, 6.45) is 13.1. The number of fused-ring (bicyclic) bond motifs is 3. The summed E-state index contributed by atoms with van der Waals surface area (Å²) in [5.74, 6) is 0. The number of aryl methyl sites for hydroxylation is 2. The van der Waals surface area contributed by atoms with Crippen molar-refractivity contribution in [2.24, 2.45) is 0 Å². The second-order valence-electron chi connectivity index (χ2n) is 6.75. The van der Waals surface area contributed by atoms with Crippen LogP contribution < -0.4 is 0 Å². The van der Waals surface area contributed by atoms with Crippen LogP contribution >= 0.6 is 65.9 Å². The molecule has 25 heavy (non-hydrogen) atoms. The van der Waals surface area contributed by atoms with Crippen LogP contribution in [0.5, 0.6) is 0 Å². The molecule has 138 valence electrons. The normalized spacial score (nSPS) is 12.0. The lowest BCUT2D eigenvalue weighted by Gasteiger charge is -2.01. The summed E-state index contributed by atoms with van der Waals surface area (Å²) in [7, 11) is 0. The third-order valence-electron chi connectivity index (χ3n) is 4.79. The van der Waals surface area contributed by atoms with E-state index in [-0.39, 0.29) is 0 Å². The number of hydrogen-bond donors (Lipinski definition) is 0. The van der Waals surface area contributed by atoms with Gasteiger partial charge in [-0.2, -0.15) is 0 Å². The first-order valence-corrected chi connectivity index (χ1v) is 13.5. The molecule has 0 spiro atoms. The van der Waals surface area contributed by atoms with Crippen molar-refractivity contribution in [3.8, 4) is 0 Å². The molecule has 3 aromatic heterocycles. The second kappa shape index (κ2) is 9.68. The molecule has 0 radical (unpaired) electrons. The molecule has 0 atom stereocenters. The molecule has 0 fully saturated rings. The molecule has 0 saturated carbocycles. The maximum absolute atomic E-state index is 3.85. The summed E-state index contributed by atoms with van der Waals surface area (Å²) in [5, 5.41) is 0. The lowest BCUT2D eigenvalue weighted by Crippen LogP contribution is -1.84. The van der Waals surface area contributed by atoms with Crippen molar-refractivity contribution >= 4 is 84.7 Å². The third-order valence-corrected chi connectivity index (χ3v) is 10.5. The quantitative estimate of drug-likeness (QED) is 0.233. The minimum absolute atomic E-state index is 1.22. The van der Waals surface area contributed by atoms with Gasteiger partial charge >= 0.3 is 0 Å². The van der Waals surface area contributed by atoms with E-state index in [1.807, 2.05) is 34.0 Å². The fraction of sp³-hybridized carbons (Fsp3) is 0.600. The minimum Gasteiger partial charge on any atom is -0.133 e. The van der Waals surface area contributed by atoms with Crippen molar-refractivity contribution < 1.29 is 0 Å². The highest BCUT2D eigenvalue weighted by atomic mass is 79.9. The van der Waals surface area contributed by atoms with Crippen LogP contribution in [0, 0.1) is 0 Å². The Morgan fingerprint density at radius 1 is 0.560 bits per heavy atom. The number of hydrogen-bond acceptors (Lipinski definition) is 3. The number of thiophene rings is 3. The Hall–Kier alpha value is 0.580. The summed E-state index contributed by atoms with van der Waals surface area (Å²) in [6.45, 7) is 4.57. The number of halogens is 2. The monoisotopic (exact) mass is 520 g/mol. The van der Waals surface area contributed by atoms with Gasteiger partial charge in [0.25, 0.3) is 0 Å². The van der Waals surface area contributed by atoms with Crippen molar-refractivity contribution in [2.45, 2.75) is 78.1 Å². The first-order valence-electron chi connectivity index (χ1n) is 9.47. The van der Waals surface area contributed by atoms with Gasteiger partial charge in [0.05, 0.1) is 26.4 Å². The van der Waals surface area contributed by atoms with Gasteiger partial charge in [0.2, 0.25) is 0 Å². The molecular formula is C20H26Br2S3. The fourth-order valence-corrected chi connectivity index (χ4v) is 9.46. The lowest BCUT2D eigenvalue weighted by atomic mass is 10.1. The van der Waals surface area contributed by atoms with E-state index in [0.29, 0.717) is 0 Å². The summed E-state index contributed by atoms with van der Waals surface area (Å²) in [6, 6.07) is 0. The topological polar surface area (TPSA) is 0 Å². The van der Waals surface area contributed by atoms with Crippen LogP contribution in [-0.2, 0) is 12.8 Å². The van der Waals surface area contributed by atoms with Crippen LogP contribution in [0.15, 0.2) is 7.57 Å². The van der Waals surface area contributed by atoms with E-state index in [1.54, 1.807) is 20.5 Å². The maximum atomic E-state index is 3.85. The molecule has 3 heterocycles. The zero-order valence-electron chi connectivity index (χ0n) is 15.1. The SMILES string of the molecule is CCCCCCc1c(Br)sc2c1sc1c(CCCCCC)c(Br)sc12. The zero-order valence-corrected chi connectivity index (χ0v) is 20.7. The van der Waals surface area contributed by atoms with Gasteiger partial charge in [0.1, 0.15) is 0 Å². The van der Waals surface area contributed by atoms with Gasteiger partial charge in [-0.3, -0.25) is 0 Å². The van der Waals surface area contributed by atoms with E-state index in [1.165, 1.54) is 81.2 Å². The summed E-state index contributed by atoms with van der Waals surface area (Å²) in [5.41, 5.74) is 3.13. The van der Waals surface area contributed by atoms with E-state index in [9.17, 15) is 0 Å². The van der Waals surface area contributed by atoms with E-state index < -0.39 is 0 Å². The smallest absolute Gasteiger partial charge is 0.0751 e. The highest BCUT2D eigenvalue weighted by molar-refractivity contribution is 9.11. The average Bonchev–Trinajstić information content (AvgIpc) is 3.18. The third kappa shape index (κ3) is 4.53. The molecule has 0 bridgehead atoms. The summed E-state index contributed by atoms with van der Waals surface area (Å²) >= 11 is 13.6. The van der Waals surface area contributed by atoms with Gasteiger partial charge in [-0.25, -0.2) is 0 Å². The van der Waals surface area contributed by atoms with E-state index in [2.05, 4.69) is 45.7 Å². The van der Waals surface area contributed by atoms with Crippen LogP contribution in [0.1, 0.15) is 76.3 Å². The van der Waals surface area contributed by atoms with E-state index >= 15 is 0 Å². The predicted octanol–water partition coefficient (Wildman–Crippen LogP) is 9.95. The number of rotatable bonds is 10. The van der Waals surface area contributed by atoms with Crippen molar-refractivity contribution in [3.05, 3.63) is 18.7 Å². The van der Waals surface area contributed by atoms with Gasteiger partial charge in [-0.15, -0.1) is 34.0 Å². The Labute approximate surface area is 180 Å². The molecular weight excluding hydrogens is 496 g/mol.